The molecule has 0 aliphatic rings. The molecule has 0 saturated carbocycles. The zero-order valence-electron chi connectivity index (χ0n) is 11.1. The molecule has 0 spiro atoms. The molecule has 0 aliphatic heterocycles. The summed E-state index contributed by atoms with van der Waals surface area (Å²) in [6.07, 6.45) is 4.11. The molecule has 2 heterocycles. The van der Waals surface area contributed by atoms with Crippen molar-refractivity contribution in [2.45, 2.75) is 5.75 Å². The highest BCUT2D eigenvalue weighted by atomic mass is 32.2. The molecule has 3 rings (SSSR count). The van der Waals surface area contributed by atoms with E-state index in [1.807, 2.05) is 66.5 Å². The zero-order chi connectivity index (χ0) is 13.6. The van der Waals surface area contributed by atoms with Crippen molar-refractivity contribution in [2.24, 2.45) is 0 Å². The van der Waals surface area contributed by atoms with Crippen molar-refractivity contribution >= 4 is 17.4 Å². The third-order valence-corrected chi connectivity index (χ3v) is 3.86. The number of aromatic nitrogens is 2. The van der Waals surface area contributed by atoms with E-state index in [1.165, 1.54) is 0 Å². The second kappa shape index (κ2) is 6.48. The molecule has 2 aromatic heterocycles. The van der Waals surface area contributed by atoms with Gasteiger partial charge in [0.1, 0.15) is 11.4 Å². The molecule has 0 amide bonds. The van der Waals surface area contributed by atoms with Crippen LogP contribution in [0.25, 0.3) is 5.65 Å². The van der Waals surface area contributed by atoms with Crippen LogP contribution in [0.3, 0.4) is 0 Å². The first-order chi connectivity index (χ1) is 9.92. The molecule has 0 saturated heterocycles. The van der Waals surface area contributed by atoms with Gasteiger partial charge in [0.25, 0.3) is 0 Å². The van der Waals surface area contributed by atoms with Gasteiger partial charge in [0.2, 0.25) is 0 Å². The summed E-state index contributed by atoms with van der Waals surface area (Å²) in [6.45, 7) is 0.724. The van der Waals surface area contributed by atoms with Gasteiger partial charge in [-0.3, -0.25) is 0 Å². The van der Waals surface area contributed by atoms with E-state index in [0.717, 1.165) is 35.2 Å². The first-order valence-electron chi connectivity index (χ1n) is 6.60. The van der Waals surface area contributed by atoms with Crippen LogP contribution >= 0.6 is 11.8 Å². The summed E-state index contributed by atoms with van der Waals surface area (Å²) in [6, 6.07) is 16.0. The van der Waals surface area contributed by atoms with Gasteiger partial charge in [-0.15, -0.1) is 0 Å². The van der Waals surface area contributed by atoms with Crippen molar-refractivity contribution < 1.29 is 4.74 Å². The van der Waals surface area contributed by atoms with Crippen molar-refractivity contribution in [1.82, 2.24) is 9.38 Å². The van der Waals surface area contributed by atoms with Crippen LogP contribution in [0.1, 0.15) is 5.69 Å². The Hall–Kier alpha value is -1.94. The molecular formula is C16H16N2OS. The highest BCUT2D eigenvalue weighted by Crippen LogP contribution is 2.14. The van der Waals surface area contributed by atoms with Gasteiger partial charge >= 0.3 is 0 Å². The normalized spacial score (nSPS) is 10.8. The smallest absolute Gasteiger partial charge is 0.137 e. The lowest BCUT2D eigenvalue weighted by atomic mass is 10.3. The van der Waals surface area contributed by atoms with Crippen LogP contribution in [-0.4, -0.2) is 21.7 Å². The van der Waals surface area contributed by atoms with Gasteiger partial charge in [0.15, 0.2) is 0 Å². The van der Waals surface area contributed by atoms with E-state index in [1.54, 1.807) is 0 Å². The summed E-state index contributed by atoms with van der Waals surface area (Å²) in [7, 11) is 0. The van der Waals surface area contributed by atoms with E-state index >= 15 is 0 Å². The van der Waals surface area contributed by atoms with Gasteiger partial charge in [-0.25, -0.2) is 4.98 Å². The molecule has 3 aromatic rings. The van der Waals surface area contributed by atoms with Gasteiger partial charge < -0.3 is 9.14 Å². The Morgan fingerprint density at radius 3 is 2.75 bits per heavy atom. The molecule has 0 N–H and O–H groups in total. The lowest BCUT2D eigenvalue weighted by Gasteiger charge is -2.04. The second-order valence-corrected chi connectivity index (χ2v) is 5.52. The number of benzene rings is 1. The van der Waals surface area contributed by atoms with Crippen LogP contribution in [-0.2, 0) is 5.75 Å². The predicted octanol–water partition coefficient (Wildman–Crippen LogP) is 3.65. The minimum atomic E-state index is 0.724. The molecule has 1 aromatic carbocycles. The maximum absolute atomic E-state index is 5.66. The maximum Gasteiger partial charge on any atom is 0.137 e. The number of rotatable bonds is 6. The van der Waals surface area contributed by atoms with E-state index < -0.39 is 0 Å². The standard InChI is InChI=1S/C16H16N2OS/c1-2-6-15(7-3-1)19-10-11-20-13-14-12-18-9-5-4-8-16(18)17-14/h1-9,12H,10-11,13H2. The van der Waals surface area contributed by atoms with Crippen LogP contribution in [0.5, 0.6) is 5.75 Å². The van der Waals surface area contributed by atoms with Gasteiger partial charge in [-0.2, -0.15) is 11.8 Å². The first-order valence-corrected chi connectivity index (χ1v) is 7.75. The highest BCUT2D eigenvalue weighted by molar-refractivity contribution is 7.98. The Balaban J connectivity index is 1.43. The number of nitrogens with zero attached hydrogens (tertiary/aromatic N) is 2. The van der Waals surface area contributed by atoms with E-state index in [0.29, 0.717) is 0 Å². The van der Waals surface area contributed by atoms with Gasteiger partial charge in [0.05, 0.1) is 12.3 Å². The van der Waals surface area contributed by atoms with Crippen molar-refractivity contribution in [3.05, 3.63) is 66.6 Å². The van der Waals surface area contributed by atoms with Crippen molar-refractivity contribution in [3.63, 3.8) is 0 Å². The van der Waals surface area contributed by atoms with E-state index in [2.05, 4.69) is 15.6 Å². The van der Waals surface area contributed by atoms with E-state index in [4.69, 9.17) is 4.74 Å². The Morgan fingerprint density at radius 2 is 1.90 bits per heavy atom. The molecule has 0 fully saturated rings. The average Bonchev–Trinajstić information content (AvgIpc) is 2.90. The number of ether oxygens (including phenoxy) is 1. The van der Waals surface area contributed by atoms with Crippen LogP contribution in [0.2, 0.25) is 0 Å². The van der Waals surface area contributed by atoms with E-state index in [9.17, 15) is 0 Å². The van der Waals surface area contributed by atoms with Crippen LogP contribution in [0.4, 0.5) is 0 Å². The minimum absolute atomic E-state index is 0.724. The second-order valence-electron chi connectivity index (χ2n) is 4.41. The molecule has 20 heavy (non-hydrogen) atoms. The number of pyridine rings is 1. The molecule has 4 heteroatoms. The molecule has 0 atom stereocenters. The molecule has 0 unspecified atom stereocenters. The Kier molecular flexibility index (Phi) is 4.23. The molecule has 0 aliphatic carbocycles. The molecular weight excluding hydrogens is 268 g/mol. The molecule has 0 bridgehead atoms. The lowest BCUT2D eigenvalue weighted by Crippen LogP contribution is -2.00. The summed E-state index contributed by atoms with van der Waals surface area (Å²) in [4.78, 5) is 4.57. The number of para-hydroxylation sites is 1. The van der Waals surface area contributed by atoms with Gasteiger partial charge in [-0.05, 0) is 24.3 Å². The summed E-state index contributed by atoms with van der Waals surface area (Å²) >= 11 is 1.84. The highest BCUT2D eigenvalue weighted by Gasteiger charge is 2.01. The fourth-order valence-electron chi connectivity index (χ4n) is 1.97. The largest absolute Gasteiger partial charge is 0.493 e. The molecule has 0 radical (unpaired) electrons. The SMILES string of the molecule is c1ccc(OCCSCc2cn3ccccc3n2)cc1. The molecule has 102 valence electrons. The average molecular weight is 284 g/mol. The number of hydrogen-bond acceptors (Lipinski definition) is 3. The van der Waals surface area contributed by atoms with Crippen molar-refractivity contribution in [2.75, 3.05) is 12.4 Å². The fourth-order valence-corrected chi connectivity index (χ4v) is 2.66. The van der Waals surface area contributed by atoms with Crippen molar-refractivity contribution in [3.8, 4) is 5.75 Å². The van der Waals surface area contributed by atoms with Gasteiger partial charge in [-0.1, -0.05) is 24.3 Å². The fraction of sp³-hybridized carbons (Fsp3) is 0.188. The Morgan fingerprint density at radius 1 is 1.05 bits per heavy atom. The Bertz CT molecular complexity index is 633. The van der Waals surface area contributed by atoms with Crippen molar-refractivity contribution in [1.29, 1.82) is 0 Å². The summed E-state index contributed by atoms with van der Waals surface area (Å²) < 4.78 is 7.71. The summed E-state index contributed by atoms with van der Waals surface area (Å²) in [5, 5.41) is 0. The zero-order valence-corrected chi connectivity index (χ0v) is 11.9. The number of fused-ring (bicyclic) bond motifs is 1. The topological polar surface area (TPSA) is 26.5 Å². The quantitative estimate of drug-likeness (QED) is 0.646. The minimum Gasteiger partial charge on any atom is -0.493 e. The predicted molar refractivity (Wildman–Crippen MR) is 83.3 cm³/mol. The van der Waals surface area contributed by atoms with Crippen LogP contribution in [0, 0.1) is 0 Å². The summed E-state index contributed by atoms with van der Waals surface area (Å²) in [5.41, 5.74) is 2.12. The number of imidazole rings is 1. The van der Waals surface area contributed by atoms with E-state index in [-0.39, 0.29) is 0 Å². The van der Waals surface area contributed by atoms with Gasteiger partial charge in [0, 0.05) is 23.9 Å². The monoisotopic (exact) mass is 284 g/mol. The first kappa shape index (κ1) is 13.1. The third kappa shape index (κ3) is 3.33. The summed E-state index contributed by atoms with van der Waals surface area (Å²) in [5.74, 6) is 2.81. The molecule has 3 nitrogen and oxygen atoms in total. The number of thioether (sulfide) groups is 1. The van der Waals surface area contributed by atoms with Crippen LogP contribution < -0.4 is 4.74 Å². The third-order valence-electron chi connectivity index (χ3n) is 2.90. The van der Waals surface area contributed by atoms with Crippen LogP contribution in [0.15, 0.2) is 60.9 Å². The maximum atomic E-state index is 5.66. The number of hydrogen-bond donors (Lipinski definition) is 0. The lowest BCUT2D eigenvalue weighted by molar-refractivity contribution is 0.344. The Labute approximate surface area is 122 Å².